The fourth-order valence-electron chi connectivity index (χ4n) is 3.26. The predicted octanol–water partition coefficient (Wildman–Crippen LogP) is 4.50. The molecular weight excluding hydrogens is 356 g/mol. The smallest absolute Gasteiger partial charge is 0.344 e. The molecule has 0 bridgehead atoms. The van der Waals surface area contributed by atoms with Crippen LogP contribution in [0.2, 0.25) is 0 Å². The molecule has 0 saturated carbocycles. The maximum absolute atomic E-state index is 12.5. The molecule has 140 valence electrons. The van der Waals surface area contributed by atoms with Crippen LogP contribution < -0.4 is 0 Å². The molecule has 1 aromatic heterocycles. The van der Waals surface area contributed by atoms with E-state index in [1.807, 2.05) is 60.7 Å². The normalized spacial score (nSPS) is 10.9. The van der Waals surface area contributed by atoms with Gasteiger partial charge in [-0.2, -0.15) is 0 Å². The third-order valence-corrected chi connectivity index (χ3v) is 4.56. The summed E-state index contributed by atoms with van der Waals surface area (Å²) in [5.41, 5.74) is 3.08. The van der Waals surface area contributed by atoms with Crippen LogP contribution in [0.25, 0.3) is 22.3 Å². The summed E-state index contributed by atoms with van der Waals surface area (Å²) in [5.74, 6) is -0.310. The first kappa shape index (κ1) is 17.8. The van der Waals surface area contributed by atoms with Crippen molar-refractivity contribution in [3.8, 4) is 17.1 Å². The third kappa shape index (κ3) is 3.35. The van der Waals surface area contributed by atoms with Crippen LogP contribution in [-0.2, 0) is 11.2 Å². The van der Waals surface area contributed by atoms with Gasteiger partial charge in [0, 0.05) is 22.9 Å². The molecule has 1 heterocycles. The Labute approximate surface area is 161 Å². The zero-order valence-electron chi connectivity index (χ0n) is 15.0. The van der Waals surface area contributed by atoms with Crippen molar-refractivity contribution in [2.75, 3.05) is 6.79 Å². The zero-order chi connectivity index (χ0) is 19.5. The van der Waals surface area contributed by atoms with Gasteiger partial charge in [0.25, 0.3) is 0 Å². The highest BCUT2D eigenvalue weighted by atomic mass is 16.6. The third-order valence-electron chi connectivity index (χ3n) is 4.56. The van der Waals surface area contributed by atoms with Crippen LogP contribution >= 0.6 is 0 Å². The number of fused-ring (bicyclic) bond motifs is 1. The van der Waals surface area contributed by atoms with Crippen molar-refractivity contribution in [2.45, 2.75) is 6.42 Å². The highest BCUT2D eigenvalue weighted by Crippen LogP contribution is 2.37. The lowest BCUT2D eigenvalue weighted by Crippen LogP contribution is -2.06. The Balaban J connectivity index is 1.87. The van der Waals surface area contributed by atoms with Gasteiger partial charge in [0.1, 0.15) is 22.7 Å². The molecule has 4 aromatic rings. The number of ether oxygens (including phenoxy) is 1. The van der Waals surface area contributed by atoms with Gasteiger partial charge in [0.15, 0.2) is 6.79 Å². The number of aliphatic hydroxyl groups is 1. The molecule has 4 rings (SSSR count). The molecule has 0 radical (unpaired) electrons. The number of aliphatic hydroxyl groups excluding tert-OH is 1. The summed E-state index contributed by atoms with van der Waals surface area (Å²) in [6.45, 7) is -0.738. The fraction of sp³-hybridized carbons (Fsp3) is 0.0870. The molecule has 0 amide bonds. The standard InChI is InChI=1S/C23H18O5/c24-14-27-23(26)21-18-13-19(25)17(11-15-7-3-1-4-8-15)12-20(18)28-22(21)16-9-5-2-6-10-16/h1-10,12-13,24-25H,11,14H2. The summed E-state index contributed by atoms with van der Waals surface area (Å²) in [7, 11) is 0. The van der Waals surface area contributed by atoms with Crippen LogP contribution in [0.1, 0.15) is 21.5 Å². The average Bonchev–Trinajstić information content (AvgIpc) is 3.08. The molecule has 0 aliphatic carbocycles. The van der Waals surface area contributed by atoms with Crippen molar-refractivity contribution in [1.29, 1.82) is 0 Å². The van der Waals surface area contributed by atoms with Crippen LogP contribution in [-0.4, -0.2) is 23.0 Å². The summed E-state index contributed by atoms with van der Waals surface area (Å²) >= 11 is 0. The second-order valence-corrected chi connectivity index (χ2v) is 6.37. The highest BCUT2D eigenvalue weighted by Gasteiger charge is 2.24. The van der Waals surface area contributed by atoms with Gasteiger partial charge in [-0.1, -0.05) is 60.7 Å². The molecule has 28 heavy (non-hydrogen) atoms. The van der Waals surface area contributed by atoms with Crippen LogP contribution in [0, 0.1) is 0 Å². The minimum Gasteiger partial charge on any atom is -0.508 e. The van der Waals surface area contributed by atoms with E-state index < -0.39 is 12.8 Å². The maximum Gasteiger partial charge on any atom is 0.344 e. The maximum atomic E-state index is 12.5. The van der Waals surface area contributed by atoms with Crippen LogP contribution in [0.5, 0.6) is 5.75 Å². The number of phenols is 1. The van der Waals surface area contributed by atoms with E-state index in [9.17, 15) is 9.90 Å². The fourth-order valence-corrected chi connectivity index (χ4v) is 3.26. The first-order chi connectivity index (χ1) is 13.7. The molecule has 3 aromatic carbocycles. The molecule has 0 unspecified atom stereocenters. The molecular formula is C23H18O5. The second-order valence-electron chi connectivity index (χ2n) is 6.37. The van der Waals surface area contributed by atoms with Gasteiger partial charge in [0.05, 0.1) is 0 Å². The number of carbonyl (C=O) groups is 1. The topological polar surface area (TPSA) is 79.9 Å². The van der Waals surface area contributed by atoms with Crippen molar-refractivity contribution >= 4 is 16.9 Å². The number of phenolic OH excluding ortho intramolecular Hbond substituents is 1. The lowest BCUT2D eigenvalue weighted by atomic mass is 10.0. The first-order valence-corrected chi connectivity index (χ1v) is 8.83. The van der Waals surface area contributed by atoms with Crippen molar-refractivity contribution in [2.24, 2.45) is 0 Å². The minimum absolute atomic E-state index is 0.0646. The van der Waals surface area contributed by atoms with Gasteiger partial charge in [-0.3, -0.25) is 0 Å². The van der Waals surface area contributed by atoms with Crippen molar-refractivity contribution < 1.29 is 24.2 Å². The molecule has 0 aliphatic rings. The Hall–Kier alpha value is -3.57. The Morgan fingerprint density at radius 1 is 0.964 bits per heavy atom. The Morgan fingerprint density at radius 2 is 1.64 bits per heavy atom. The summed E-state index contributed by atoms with van der Waals surface area (Å²) in [5, 5.41) is 20.0. The lowest BCUT2D eigenvalue weighted by molar-refractivity contribution is 0.00706. The number of hydrogen-bond donors (Lipinski definition) is 2. The molecule has 5 heteroatoms. The number of furan rings is 1. The van der Waals surface area contributed by atoms with Crippen LogP contribution in [0.3, 0.4) is 0 Å². The monoisotopic (exact) mass is 374 g/mol. The number of carbonyl (C=O) groups excluding carboxylic acids is 1. The molecule has 0 atom stereocenters. The van der Waals surface area contributed by atoms with Crippen LogP contribution in [0.4, 0.5) is 0 Å². The summed E-state index contributed by atoms with van der Waals surface area (Å²) in [6.07, 6.45) is 0.528. The number of esters is 1. The lowest BCUT2D eigenvalue weighted by Gasteiger charge is -2.06. The van der Waals surface area contributed by atoms with E-state index in [4.69, 9.17) is 14.3 Å². The molecule has 5 nitrogen and oxygen atoms in total. The largest absolute Gasteiger partial charge is 0.508 e. The quantitative estimate of drug-likeness (QED) is 0.397. The Morgan fingerprint density at radius 3 is 2.32 bits per heavy atom. The molecule has 0 aliphatic heterocycles. The van der Waals surface area contributed by atoms with E-state index in [-0.39, 0.29) is 11.3 Å². The first-order valence-electron chi connectivity index (χ1n) is 8.83. The van der Waals surface area contributed by atoms with E-state index in [1.54, 1.807) is 6.07 Å². The Kier molecular flexibility index (Phi) is 4.83. The zero-order valence-corrected chi connectivity index (χ0v) is 15.0. The van der Waals surface area contributed by atoms with Gasteiger partial charge in [-0.05, 0) is 17.7 Å². The van der Waals surface area contributed by atoms with Crippen molar-refractivity contribution in [1.82, 2.24) is 0 Å². The van der Waals surface area contributed by atoms with Crippen molar-refractivity contribution in [3.05, 3.63) is 89.5 Å². The van der Waals surface area contributed by atoms with Gasteiger partial charge in [-0.15, -0.1) is 0 Å². The second kappa shape index (κ2) is 7.58. The van der Waals surface area contributed by atoms with Gasteiger partial charge in [-0.25, -0.2) is 4.79 Å². The average molecular weight is 374 g/mol. The Bertz CT molecular complexity index is 1110. The molecule has 2 N–H and O–H groups in total. The molecule has 0 saturated heterocycles. The van der Waals surface area contributed by atoms with Gasteiger partial charge >= 0.3 is 5.97 Å². The SMILES string of the molecule is O=C(OCO)c1c(-c2ccccc2)oc2cc(Cc3ccccc3)c(O)cc12. The van der Waals surface area contributed by atoms with E-state index >= 15 is 0 Å². The van der Waals surface area contributed by atoms with E-state index in [1.165, 1.54) is 6.07 Å². The summed E-state index contributed by atoms with van der Waals surface area (Å²) in [4.78, 5) is 12.5. The molecule has 0 spiro atoms. The predicted molar refractivity (Wildman–Crippen MR) is 105 cm³/mol. The van der Waals surface area contributed by atoms with E-state index in [0.717, 1.165) is 5.56 Å². The van der Waals surface area contributed by atoms with Crippen molar-refractivity contribution in [3.63, 3.8) is 0 Å². The highest BCUT2D eigenvalue weighted by molar-refractivity contribution is 6.09. The van der Waals surface area contributed by atoms with Gasteiger partial charge in [0.2, 0.25) is 0 Å². The number of benzene rings is 3. The van der Waals surface area contributed by atoms with Gasteiger partial charge < -0.3 is 19.4 Å². The number of aromatic hydroxyl groups is 1. The van der Waals surface area contributed by atoms with E-state index in [2.05, 4.69) is 0 Å². The summed E-state index contributed by atoms with van der Waals surface area (Å²) in [6, 6.07) is 22.2. The van der Waals surface area contributed by atoms with E-state index in [0.29, 0.717) is 34.3 Å². The van der Waals surface area contributed by atoms with Crippen LogP contribution in [0.15, 0.2) is 77.2 Å². The minimum atomic E-state index is -0.738. The number of hydrogen-bond acceptors (Lipinski definition) is 5. The molecule has 0 fully saturated rings. The summed E-state index contributed by atoms with van der Waals surface area (Å²) < 4.78 is 10.8. The number of rotatable bonds is 5.